The number of likely N-dealkylation sites (tertiary alicyclic amines) is 1. The number of halogens is 4. The first-order chi connectivity index (χ1) is 14.7. The fourth-order valence-electron chi connectivity index (χ4n) is 4.17. The molecule has 3 atom stereocenters. The van der Waals surface area contributed by atoms with E-state index in [1.54, 1.807) is 18.5 Å². The predicted molar refractivity (Wildman–Crippen MR) is 99.9 cm³/mol. The zero-order valence-corrected chi connectivity index (χ0v) is 16.7. The van der Waals surface area contributed by atoms with Gasteiger partial charge < -0.3 is 19.6 Å². The van der Waals surface area contributed by atoms with Gasteiger partial charge in [-0.05, 0) is 24.8 Å². The van der Waals surface area contributed by atoms with Gasteiger partial charge in [0.2, 0.25) is 11.9 Å². The van der Waals surface area contributed by atoms with Crippen molar-refractivity contribution in [2.75, 3.05) is 44.3 Å². The van der Waals surface area contributed by atoms with Crippen molar-refractivity contribution in [3.63, 3.8) is 0 Å². The maximum atomic E-state index is 13.3. The van der Waals surface area contributed by atoms with E-state index in [9.17, 15) is 22.4 Å². The van der Waals surface area contributed by atoms with Crippen LogP contribution in [0.15, 0.2) is 18.5 Å². The first kappa shape index (κ1) is 23.2. The zero-order chi connectivity index (χ0) is 22.6. The highest BCUT2D eigenvalue weighted by molar-refractivity contribution is 5.79. The molecule has 0 spiro atoms. The fraction of sp³-hybridized carbons (Fsp3) is 0.684. The van der Waals surface area contributed by atoms with Crippen molar-refractivity contribution in [1.29, 1.82) is 0 Å². The van der Waals surface area contributed by atoms with E-state index in [4.69, 9.17) is 14.6 Å². The second-order valence-corrected chi connectivity index (χ2v) is 7.82. The normalized spacial score (nSPS) is 26.6. The number of hydrogen-bond acceptors (Lipinski definition) is 6. The monoisotopic (exact) mass is 448 g/mol. The van der Waals surface area contributed by atoms with Crippen molar-refractivity contribution >= 4 is 17.8 Å². The molecule has 31 heavy (non-hydrogen) atoms. The van der Waals surface area contributed by atoms with Gasteiger partial charge in [-0.3, -0.25) is 4.79 Å². The lowest BCUT2D eigenvalue weighted by molar-refractivity contribution is -0.192. The average Bonchev–Trinajstić information content (AvgIpc) is 3.19. The molecule has 4 heterocycles. The van der Waals surface area contributed by atoms with Crippen LogP contribution in [0.3, 0.4) is 0 Å². The molecule has 1 N–H and O–H groups in total. The number of carboxylic acid groups (broad SMARTS) is 1. The number of carbonyl (C=O) groups excluding carboxylic acids is 1. The molecule has 172 valence electrons. The fourth-order valence-corrected chi connectivity index (χ4v) is 4.17. The maximum absolute atomic E-state index is 13.3. The highest BCUT2D eigenvalue weighted by Gasteiger charge is 2.46. The molecule has 0 saturated carbocycles. The van der Waals surface area contributed by atoms with Crippen molar-refractivity contribution < 1.29 is 37.0 Å². The minimum absolute atomic E-state index is 0.131. The van der Waals surface area contributed by atoms with Crippen molar-refractivity contribution in [2.24, 2.45) is 17.8 Å². The van der Waals surface area contributed by atoms with Crippen molar-refractivity contribution in [2.45, 2.75) is 25.2 Å². The van der Waals surface area contributed by atoms with E-state index >= 15 is 0 Å². The van der Waals surface area contributed by atoms with Crippen LogP contribution in [-0.2, 0) is 14.3 Å². The number of piperidine rings is 1. The number of carboxylic acids is 1. The molecule has 0 aliphatic carbocycles. The van der Waals surface area contributed by atoms with Gasteiger partial charge in [-0.2, -0.15) is 13.2 Å². The number of alkyl halides is 4. The summed E-state index contributed by atoms with van der Waals surface area (Å²) in [5.74, 6) is -1.45. The highest BCUT2D eigenvalue weighted by Crippen LogP contribution is 2.36. The van der Waals surface area contributed by atoms with Crippen LogP contribution in [0.4, 0.5) is 23.5 Å². The minimum atomic E-state index is -5.08. The van der Waals surface area contributed by atoms with Crippen LogP contribution >= 0.6 is 0 Å². The molecule has 3 aliphatic rings. The van der Waals surface area contributed by atoms with Gasteiger partial charge in [0, 0.05) is 44.5 Å². The second-order valence-electron chi connectivity index (χ2n) is 7.82. The molecule has 3 fully saturated rings. The Kier molecular flexibility index (Phi) is 7.29. The lowest BCUT2D eigenvalue weighted by Gasteiger charge is -2.37. The van der Waals surface area contributed by atoms with Crippen molar-refractivity contribution in [3.8, 4) is 0 Å². The molecule has 4 rings (SSSR count). The third kappa shape index (κ3) is 5.81. The Bertz CT molecular complexity index is 759. The van der Waals surface area contributed by atoms with Crippen molar-refractivity contribution in [3.05, 3.63) is 18.5 Å². The Labute approximate surface area is 176 Å². The molecule has 0 radical (unpaired) electrons. The second kappa shape index (κ2) is 9.75. The van der Waals surface area contributed by atoms with Gasteiger partial charge in [-0.25, -0.2) is 19.2 Å². The molecule has 0 bridgehead atoms. The van der Waals surface area contributed by atoms with Crippen LogP contribution in [0.1, 0.15) is 12.8 Å². The first-order valence-corrected chi connectivity index (χ1v) is 9.99. The van der Waals surface area contributed by atoms with Crippen molar-refractivity contribution in [1.82, 2.24) is 14.9 Å². The molecule has 3 aliphatic heterocycles. The lowest BCUT2D eigenvalue weighted by Crippen LogP contribution is -2.49. The summed E-state index contributed by atoms with van der Waals surface area (Å²) in [5, 5.41) is 7.12. The van der Waals surface area contributed by atoms with Crippen LogP contribution < -0.4 is 4.90 Å². The predicted octanol–water partition coefficient (Wildman–Crippen LogP) is 1.77. The van der Waals surface area contributed by atoms with Crippen LogP contribution in [0.5, 0.6) is 0 Å². The molecule has 1 amide bonds. The van der Waals surface area contributed by atoms with Gasteiger partial charge in [0.05, 0.1) is 19.1 Å². The minimum Gasteiger partial charge on any atom is -0.475 e. The number of carbonyl (C=O) groups is 2. The summed E-state index contributed by atoms with van der Waals surface area (Å²) in [6, 6.07) is 1.80. The number of nitrogens with zero attached hydrogens (tertiary/aromatic N) is 4. The van der Waals surface area contributed by atoms with Crippen LogP contribution in [0.25, 0.3) is 0 Å². The molecular formula is C19H24F4N4O4. The van der Waals surface area contributed by atoms with E-state index in [-0.39, 0.29) is 17.7 Å². The van der Waals surface area contributed by atoms with E-state index in [1.165, 1.54) is 0 Å². The third-order valence-electron chi connectivity index (χ3n) is 5.77. The Hall–Kier alpha value is -2.50. The van der Waals surface area contributed by atoms with E-state index < -0.39 is 18.3 Å². The largest absolute Gasteiger partial charge is 0.490 e. The number of hydrogen-bond donors (Lipinski definition) is 1. The Morgan fingerprint density at radius 1 is 1.10 bits per heavy atom. The smallest absolute Gasteiger partial charge is 0.475 e. The molecule has 8 nitrogen and oxygen atoms in total. The molecule has 0 aromatic carbocycles. The van der Waals surface area contributed by atoms with E-state index in [1.807, 2.05) is 4.90 Å². The van der Waals surface area contributed by atoms with E-state index in [2.05, 4.69) is 14.9 Å². The van der Waals surface area contributed by atoms with Gasteiger partial charge in [0.25, 0.3) is 0 Å². The Balaban J connectivity index is 0.000000339. The topological polar surface area (TPSA) is 95.9 Å². The van der Waals surface area contributed by atoms with Gasteiger partial charge in [0.1, 0.15) is 6.17 Å². The summed E-state index contributed by atoms with van der Waals surface area (Å²) in [7, 11) is 0. The Morgan fingerprint density at radius 3 is 2.29 bits per heavy atom. The maximum Gasteiger partial charge on any atom is 0.490 e. The Morgan fingerprint density at radius 2 is 1.71 bits per heavy atom. The summed E-state index contributed by atoms with van der Waals surface area (Å²) < 4.78 is 50.8. The van der Waals surface area contributed by atoms with Gasteiger partial charge in [-0.15, -0.1) is 0 Å². The van der Waals surface area contributed by atoms with Crippen LogP contribution in [0, 0.1) is 17.8 Å². The van der Waals surface area contributed by atoms with Gasteiger partial charge >= 0.3 is 12.1 Å². The first-order valence-electron chi connectivity index (χ1n) is 9.99. The molecule has 0 unspecified atom stereocenters. The summed E-state index contributed by atoms with van der Waals surface area (Å²) in [6.07, 6.45) is -1.45. The highest BCUT2D eigenvalue weighted by atomic mass is 19.4. The zero-order valence-electron chi connectivity index (χ0n) is 16.7. The molecule has 12 heteroatoms. The van der Waals surface area contributed by atoms with E-state index in [0.29, 0.717) is 45.1 Å². The third-order valence-corrected chi connectivity index (χ3v) is 5.77. The van der Waals surface area contributed by atoms with Gasteiger partial charge in [0.15, 0.2) is 0 Å². The quantitative estimate of drug-likeness (QED) is 0.689. The number of amides is 1. The van der Waals surface area contributed by atoms with E-state index in [0.717, 1.165) is 19.0 Å². The summed E-state index contributed by atoms with van der Waals surface area (Å²) in [4.78, 5) is 34.4. The standard InChI is InChI=1S/C17H23FN4O2.C2HF3O2/c18-13-2-6-21(7-3-13)16(23)15-11-24-10-12-8-22(9-14(12)15)17-19-4-1-5-20-17;3-2(4,5)1(6)7/h1,4-5,12-15H,2-3,6-11H2;(H,6,7)/t12-,14-,15+;/m1./s1. The SMILES string of the molecule is O=C(O)C(F)(F)F.O=C([C@H]1COC[C@H]2CN(c3ncccn3)C[C@H]21)N1CCC(F)CC1. The number of aliphatic carboxylic acids is 1. The van der Waals surface area contributed by atoms with Crippen LogP contribution in [-0.4, -0.2) is 83.6 Å². The molecule has 1 aromatic rings. The number of rotatable bonds is 2. The molecular weight excluding hydrogens is 424 g/mol. The number of ether oxygens (including phenoxy) is 1. The molecule has 1 aromatic heterocycles. The lowest BCUT2D eigenvalue weighted by atomic mass is 9.81. The number of anilines is 1. The number of fused-ring (bicyclic) bond motifs is 1. The summed E-state index contributed by atoms with van der Waals surface area (Å²) in [5.41, 5.74) is 0. The number of aromatic nitrogens is 2. The summed E-state index contributed by atoms with van der Waals surface area (Å²) >= 11 is 0. The van der Waals surface area contributed by atoms with Crippen LogP contribution in [0.2, 0.25) is 0 Å². The van der Waals surface area contributed by atoms with Gasteiger partial charge in [-0.1, -0.05) is 0 Å². The average molecular weight is 448 g/mol. The summed E-state index contributed by atoms with van der Waals surface area (Å²) in [6.45, 7) is 3.82. The molecule has 3 saturated heterocycles.